The molecule has 0 bridgehead atoms. The molecule has 2 heterocycles. The van der Waals surface area contributed by atoms with Gasteiger partial charge < -0.3 is 10.2 Å². The standard InChI is InChI=1S/C13H17N3O2/c1-9(2)16-8-10(6-12(16)17)13(18)15-11-4-3-5-14-7-11/h3-5,7,9-10H,6,8H2,1-2H3,(H,15,18)/t10-/m1/s1. The molecule has 1 N–H and O–H groups in total. The van der Waals surface area contributed by atoms with Gasteiger partial charge in [-0.1, -0.05) is 0 Å². The predicted octanol–water partition coefficient (Wildman–Crippen LogP) is 1.28. The van der Waals surface area contributed by atoms with Gasteiger partial charge in [-0.2, -0.15) is 0 Å². The number of hydrogen-bond acceptors (Lipinski definition) is 3. The fourth-order valence-corrected chi connectivity index (χ4v) is 2.09. The van der Waals surface area contributed by atoms with Gasteiger partial charge in [-0.3, -0.25) is 14.6 Å². The van der Waals surface area contributed by atoms with Crippen LogP contribution in [0.2, 0.25) is 0 Å². The molecule has 5 heteroatoms. The lowest BCUT2D eigenvalue weighted by molar-refractivity contribution is -0.129. The summed E-state index contributed by atoms with van der Waals surface area (Å²) in [5, 5.41) is 2.78. The van der Waals surface area contributed by atoms with Crippen molar-refractivity contribution in [1.82, 2.24) is 9.88 Å². The molecule has 0 radical (unpaired) electrons. The fourth-order valence-electron chi connectivity index (χ4n) is 2.09. The molecular formula is C13H17N3O2. The van der Waals surface area contributed by atoms with E-state index in [2.05, 4.69) is 10.3 Å². The number of aromatic nitrogens is 1. The molecule has 0 aromatic carbocycles. The first kappa shape index (κ1) is 12.5. The highest BCUT2D eigenvalue weighted by molar-refractivity contribution is 5.97. The number of anilines is 1. The zero-order chi connectivity index (χ0) is 13.1. The van der Waals surface area contributed by atoms with E-state index >= 15 is 0 Å². The number of amides is 2. The molecule has 1 saturated heterocycles. The number of carbonyl (C=O) groups excluding carboxylic acids is 2. The Morgan fingerprint density at radius 1 is 1.56 bits per heavy atom. The summed E-state index contributed by atoms with van der Waals surface area (Å²) < 4.78 is 0. The lowest BCUT2D eigenvalue weighted by Gasteiger charge is -2.20. The van der Waals surface area contributed by atoms with Gasteiger partial charge >= 0.3 is 0 Å². The van der Waals surface area contributed by atoms with Crippen LogP contribution in [0.5, 0.6) is 0 Å². The highest BCUT2D eigenvalue weighted by Crippen LogP contribution is 2.21. The second-order valence-corrected chi connectivity index (χ2v) is 4.77. The third kappa shape index (κ3) is 2.67. The van der Waals surface area contributed by atoms with Crippen LogP contribution in [0.1, 0.15) is 20.3 Å². The molecule has 1 fully saturated rings. The molecule has 1 aliphatic rings. The highest BCUT2D eigenvalue weighted by Gasteiger charge is 2.35. The van der Waals surface area contributed by atoms with Gasteiger partial charge in [0.05, 0.1) is 17.8 Å². The van der Waals surface area contributed by atoms with Gasteiger partial charge in [0.2, 0.25) is 11.8 Å². The van der Waals surface area contributed by atoms with Crippen LogP contribution in [0.4, 0.5) is 5.69 Å². The number of rotatable bonds is 3. The van der Waals surface area contributed by atoms with Crippen molar-refractivity contribution in [2.24, 2.45) is 5.92 Å². The van der Waals surface area contributed by atoms with Crippen molar-refractivity contribution in [3.05, 3.63) is 24.5 Å². The van der Waals surface area contributed by atoms with Crippen molar-refractivity contribution in [3.8, 4) is 0 Å². The Kier molecular flexibility index (Phi) is 3.60. The van der Waals surface area contributed by atoms with Crippen molar-refractivity contribution in [1.29, 1.82) is 0 Å². The molecule has 0 spiro atoms. The Morgan fingerprint density at radius 2 is 2.33 bits per heavy atom. The van der Waals surface area contributed by atoms with Crippen LogP contribution in [-0.4, -0.2) is 34.3 Å². The second-order valence-electron chi connectivity index (χ2n) is 4.77. The van der Waals surface area contributed by atoms with Gasteiger partial charge in [-0.15, -0.1) is 0 Å². The second kappa shape index (κ2) is 5.16. The molecular weight excluding hydrogens is 230 g/mol. The Bertz CT molecular complexity index is 445. The molecule has 1 atom stereocenters. The molecule has 0 unspecified atom stereocenters. The molecule has 96 valence electrons. The van der Waals surface area contributed by atoms with Crippen LogP contribution in [-0.2, 0) is 9.59 Å². The maximum atomic E-state index is 12.0. The van der Waals surface area contributed by atoms with Crippen LogP contribution < -0.4 is 5.32 Å². The van der Waals surface area contributed by atoms with Crippen LogP contribution in [0.25, 0.3) is 0 Å². The molecule has 1 aromatic rings. The Labute approximate surface area is 106 Å². The summed E-state index contributed by atoms with van der Waals surface area (Å²) in [6, 6.07) is 3.69. The maximum Gasteiger partial charge on any atom is 0.229 e. The molecule has 18 heavy (non-hydrogen) atoms. The number of nitrogens with zero attached hydrogens (tertiary/aromatic N) is 2. The first-order valence-electron chi connectivity index (χ1n) is 6.08. The molecule has 0 saturated carbocycles. The summed E-state index contributed by atoms with van der Waals surface area (Å²) in [5.41, 5.74) is 0.665. The Balaban J connectivity index is 1.97. The highest BCUT2D eigenvalue weighted by atomic mass is 16.2. The maximum absolute atomic E-state index is 12.0. The summed E-state index contributed by atoms with van der Waals surface area (Å²) in [7, 11) is 0. The van der Waals surface area contributed by atoms with E-state index in [-0.39, 0.29) is 23.8 Å². The molecule has 2 amide bonds. The van der Waals surface area contributed by atoms with E-state index in [4.69, 9.17) is 0 Å². The number of pyridine rings is 1. The largest absolute Gasteiger partial charge is 0.339 e. The third-order valence-electron chi connectivity index (χ3n) is 3.08. The van der Waals surface area contributed by atoms with E-state index in [1.807, 2.05) is 13.8 Å². The number of carbonyl (C=O) groups is 2. The van der Waals surface area contributed by atoms with Crippen LogP contribution >= 0.6 is 0 Å². The van der Waals surface area contributed by atoms with Crippen molar-refractivity contribution >= 4 is 17.5 Å². The van der Waals surface area contributed by atoms with Crippen molar-refractivity contribution in [2.45, 2.75) is 26.3 Å². The molecule has 5 nitrogen and oxygen atoms in total. The first-order chi connectivity index (χ1) is 8.58. The van der Waals surface area contributed by atoms with Crippen LogP contribution in [0, 0.1) is 5.92 Å². The average Bonchev–Trinajstić information content (AvgIpc) is 2.73. The lowest BCUT2D eigenvalue weighted by atomic mass is 10.1. The normalized spacial score (nSPS) is 19.4. The minimum absolute atomic E-state index is 0.0522. The molecule has 1 aliphatic heterocycles. The minimum atomic E-state index is -0.264. The lowest BCUT2D eigenvalue weighted by Crippen LogP contribution is -2.33. The predicted molar refractivity (Wildman–Crippen MR) is 67.8 cm³/mol. The summed E-state index contributed by atoms with van der Waals surface area (Å²) >= 11 is 0. The SMILES string of the molecule is CC(C)N1C[C@H](C(=O)Nc2cccnc2)CC1=O. The number of likely N-dealkylation sites (tertiary alicyclic amines) is 1. The Hall–Kier alpha value is -1.91. The monoisotopic (exact) mass is 247 g/mol. The van der Waals surface area contributed by atoms with E-state index in [1.54, 1.807) is 29.4 Å². The van der Waals surface area contributed by atoms with Crippen molar-refractivity contribution < 1.29 is 9.59 Å². The summed E-state index contributed by atoms with van der Waals surface area (Å²) in [4.78, 5) is 29.4. The summed E-state index contributed by atoms with van der Waals surface area (Å²) in [5.74, 6) is -0.323. The minimum Gasteiger partial charge on any atom is -0.339 e. The third-order valence-corrected chi connectivity index (χ3v) is 3.08. The van der Waals surface area contributed by atoms with E-state index < -0.39 is 0 Å². The van der Waals surface area contributed by atoms with Gasteiger partial charge in [0.1, 0.15) is 0 Å². The zero-order valence-electron chi connectivity index (χ0n) is 10.6. The van der Waals surface area contributed by atoms with E-state index in [0.717, 1.165) is 0 Å². The first-order valence-corrected chi connectivity index (χ1v) is 6.08. The van der Waals surface area contributed by atoms with Crippen molar-refractivity contribution in [2.75, 3.05) is 11.9 Å². The van der Waals surface area contributed by atoms with Gasteiger partial charge in [0.15, 0.2) is 0 Å². The van der Waals surface area contributed by atoms with Gasteiger partial charge in [0, 0.05) is 25.2 Å². The van der Waals surface area contributed by atoms with Gasteiger partial charge in [-0.25, -0.2) is 0 Å². The van der Waals surface area contributed by atoms with Crippen molar-refractivity contribution in [3.63, 3.8) is 0 Å². The van der Waals surface area contributed by atoms with Gasteiger partial charge in [-0.05, 0) is 26.0 Å². The summed E-state index contributed by atoms with van der Waals surface area (Å²) in [6.45, 7) is 4.42. The molecule has 0 aliphatic carbocycles. The van der Waals surface area contributed by atoms with Crippen LogP contribution in [0.3, 0.4) is 0 Å². The average molecular weight is 247 g/mol. The van der Waals surface area contributed by atoms with Crippen LogP contribution in [0.15, 0.2) is 24.5 Å². The van der Waals surface area contributed by atoms with E-state index in [9.17, 15) is 9.59 Å². The zero-order valence-corrected chi connectivity index (χ0v) is 10.6. The fraction of sp³-hybridized carbons (Fsp3) is 0.462. The topological polar surface area (TPSA) is 62.3 Å². The number of nitrogens with one attached hydrogen (secondary N) is 1. The van der Waals surface area contributed by atoms with Gasteiger partial charge in [0.25, 0.3) is 0 Å². The van der Waals surface area contributed by atoms with E-state index in [0.29, 0.717) is 18.7 Å². The Morgan fingerprint density at radius 3 is 2.89 bits per heavy atom. The molecule has 1 aromatic heterocycles. The smallest absolute Gasteiger partial charge is 0.229 e. The van der Waals surface area contributed by atoms with E-state index in [1.165, 1.54) is 0 Å². The summed E-state index contributed by atoms with van der Waals surface area (Å²) in [6.07, 6.45) is 3.54. The number of hydrogen-bond donors (Lipinski definition) is 1. The molecule has 2 rings (SSSR count). The quantitative estimate of drug-likeness (QED) is 0.875.